The van der Waals surface area contributed by atoms with Crippen LogP contribution in [-0.2, 0) is 16.1 Å². The third-order valence-corrected chi connectivity index (χ3v) is 8.12. The minimum atomic E-state index is -0.607. The zero-order valence-corrected chi connectivity index (χ0v) is 23.3. The molecule has 4 aromatic rings. The monoisotopic (exact) mass is 587 g/mol. The number of halogens is 1. The van der Waals surface area contributed by atoms with E-state index in [0.29, 0.717) is 39.3 Å². The van der Waals surface area contributed by atoms with E-state index in [4.69, 9.17) is 0 Å². The van der Waals surface area contributed by atoms with Gasteiger partial charge in [0.15, 0.2) is 5.78 Å². The van der Waals surface area contributed by atoms with Crippen LogP contribution in [0, 0.1) is 12.3 Å². The molecule has 1 aliphatic carbocycles. The molecule has 39 heavy (non-hydrogen) atoms. The van der Waals surface area contributed by atoms with Crippen LogP contribution in [0.4, 0.5) is 5.82 Å². The third-order valence-electron chi connectivity index (χ3n) is 7.68. The van der Waals surface area contributed by atoms with E-state index in [1.54, 1.807) is 40.2 Å². The molecule has 6 rings (SSSR count). The van der Waals surface area contributed by atoms with Gasteiger partial charge in [-0.2, -0.15) is 5.10 Å². The van der Waals surface area contributed by atoms with Gasteiger partial charge in [-0.15, -0.1) is 0 Å². The average Bonchev–Trinajstić information content (AvgIpc) is 3.26. The number of piperidine rings is 1. The van der Waals surface area contributed by atoms with Crippen LogP contribution >= 0.6 is 15.9 Å². The van der Waals surface area contributed by atoms with Crippen LogP contribution in [0.2, 0.25) is 0 Å². The molecule has 0 bridgehead atoms. The highest BCUT2D eigenvalue weighted by Gasteiger charge is 2.64. The van der Waals surface area contributed by atoms with Gasteiger partial charge in [0.05, 0.1) is 5.52 Å². The maximum Gasteiger partial charge on any atom is 0.248 e. The predicted octanol–water partition coefficient (Wildman–Crippen LogP) is 4.18. The second-order valence-electron chi connectivity index (χ2n) is 10.5. The number of pyridine rings is 1. The zero-order chi connectivity index (χ0) is 27.5. The number of amides is 2. The van der Waals surface area contributed by atoms with Crippen molar-refractivity contribution in [2.75, 3.05) is 5.32 Å². The van der Waals surface area contributed by atoms with Gasteiger partial charge in [0.2, 0.25) is 11.8 Å². The number of anilines is 1. The highest BCUT2D eigenvalue weighted by Crippen LogP contribution is 2.59. The van der Waals surface area contributed by atoms with Crippen molar-refractivity contribution in [1.82, 2.24) is 29.6 Å². The third kappa shape index (κ3) is 4.60. The molecule has 3 atom stereocenters. The van der Waals surface area contributed by atoms with E-state index in [2.05, 4.69) is 48.2 Å². The van der Waals surface area contributed by atoms with Crippen molar-refractivity contribution >= 4 is 50.2 Å². The summed E-state index contributed by atoms with van der Waals surface area (Å²) in [6.45, 7) is 5.30. The number of nitrogens with zero attached hydrogens (tertiary/aromatic N) is 6. The van der Waals surface area contributed by atoms with E-state index < -0.39 is 6.04 Å². The lowest BCUT2D eigenvalue weighted by Crippen LogP contribution is -2.46. The zero-order valence-electron chi connectivity index (χ0n) is 21.7. The number of benzene rings is 1. The number of carbonyl (C=O) groups excluding carboxylic acids is 3. The van der Waals surface area contributed by atoms with Crippen molar-refractivity contribution in [3.05, 3.63) is 64.9 Å². The highest BCUT2D eigenvalue weighted by molar-refractivity contribution is 9.10. The lowest BCUT2D eigenvalue weighted by Gasteiger charge is -2.26. The van der Waals surface area contributed by atoms with E-state index in [9.17, 15) is 14.4 Å². The van der Waals surface area contributed by atoms with Crippen molar-refractivity contribution in [2.45, 2.75) is 52.2 Å². The maximum absolute atomic E-state index is 13.7. The summed E-state index contributed by atoms with van der Waals surface area (Å²) in [4.78, 5) is 54.0. The first-order valence-electron chi connectivity index (χ1n) is 12.7. The normalized spacial score (nSPS) is 21.6. The first kappa shape index (κ1) is 25.3. The number of aryl methyl sites for hydroxylation is 1. The van der Waals surface area contributed by atoms with Crippen molar-refractivity contribution in [2.24, 2.45) is 5.41 Å². The minimum absolute atomic E-state index is 0.00142. The number of aromatic nitrogens is 5. The molecular formula is C28H26BrN7O3. The van der Waals surface area contributed by atoms with Crippen LogP contribution in [-0.4, -0.2) is 59.3 Å². The summed E-state index contributed by atoms with van der Waals surface area (Å²) < 4.78 is 2.17. The number of carbonyl (C=O) groups is 3. The fourth-order valence-corrected chi connectivity index (χ4v) is 5.88. The predicted molar refractivity (Wildman–Crippen MR) is 148 cm³/mol. The topological polar surface area (TPSA) is 123 Å². The fraction of sp³-hybridized carbons (Fsp3) is 0.321. The van der Waals surface area contributed by atoms with Gasteiger partial charge in [0.1, 0.15) is 34.5 Å². The Morgan fingerprint density at radius 3 is 2.59 bits per heavy atom. The van der Waals surface area contributed by atoms with Gasteiger partial charge in [0.25, 0.3) is 0 Å². The second kappa shape index (κ2) is 9.33. The van der Waals surface area contributed by atoms with E-state index in [1.165, 1.54) is 6.92 Å². The minimum Gasteiger partial charge on any atom is -0.325 e. The molecule has 1 saturated heterocycles. The van der Waals surface area contributed by atoms with Crippen LogP contribution in [0.5, 0.6) is 0 Å². The van der Waals surface area contributed by atoms with E-state index in [1.807, 2.05) is 25.1 Å². The smallest absolute Gasteiger partial charge is 0.248 e. The van der Waals surface area contributed by atoms with Gasteiger partial charge in [-0.25, -0.2) is 15.0 Å². The van der Waals surface area contributed by atoms with Crippen molar-refractivity contribution in [3.63, 3.8) is 0 Å². The summed E-state index contributed by atoms with van der Waals surface area (Å²) in [5.74, 6) is 0.426. The second-order valence-corrected chi connectivity index (χ2v) is 11.4. The SMILES string of the molecule is CC(=O)c1nn(CC(=O)N2C3C[C@]3(C)C[C@H]2C(=O)Nc2cccc(Br)n2)c2ccc(-c3cnc(C)nc3)cc12. The Morgan fingerprint density at radius 1 is 1.10 bits per heavy atom. The molecule has 2 fully saturated rings. The average molecular weight is 588 g/mol. The number of hydrogen-bond acceptors (Lipinski definition) is 7. The maximum atomic E-state index is 13.7. The number of Topliss-reactive ketones (excluding diaryl/α,β-unsaturated/α-hetero) is 1. The molecule has 10 nitrogen and oxygen atoms in total. The Morgan fingerprint density at radius 2 is 1.87 bits per heavy atom. The standard InChI is InChI=1S/C28H26BrN7O3/c1-15(37)26-19-9-17(18-12-30-16(2)31-13-18)7-8-20(19)35(34-26)14-25(38)36-21(10-28(3)11-22(28)36)27(39)33-24-6-4-5-23(29)32-24/h4-9,12-13,21-22H,10-11,14H2,1-3H3,(H,32,33,39)/t21-,22?,28-/m0/s1. The summed E-state index contributed by atoms with van der Waals surface area (Å²) in [7, 11) is 0. The van der Waals surface area contributed by atoms with Gasteiger partial charge in [-0.3, -0.25) is 19.1 Å². The fourth-order valence-electron chi connectivity index (χ4n) is 5.54. The molecule has 2 amide bonds. The number of rotatable bonds is 6. The molecule has 11 heteroatoms. The molecule has 1 saturated carbocycles. The van der Waals surface area contributed by atoms with Gasteiger partial charge in [-0.1, -0.05) is 19.1 Å². The summed E-state index contributed by atoms with van der Waals surface area (Å²) >= 11 is 3.32. The Kier molecular flexibility index (Phi) is 6.05. The molecule has 2 aliphatic rings. The Balaban J connectivity index is 1.29. The number of fused-ring (bicyclic) bond motifs is 2. The molecule has 1 aromatic carbocycles. The molecule has 1 aliphatic heterocycles. The van der Waals surface area contributed by atoms with E-state index in [0.717, 1.165) is 17.5 Å². The van der Waals surface area contributed by atoms with Gasteiger partial charge in [-0.05, 0) is 70.9 Å². The first-order valence-corrected chi connectivity index (χ1v) is 13.5. The molecule has 1 unspecified atom stereocenters. The number of hydrogen-bond donors (Lipinski definition) is 1. The molecular weight excluding hydrogens is 562 g/mol. The van der Waals surface area contributed by atoms with Crippen molar-refractivity contribution in [1.29, 1.82) is 0 Å². The quantitative estimate of drug-likeness (QED) is 0.265. The number of likely N-dealkylation sites (tertiary alicyclic amines) is 1. The van der Waals surface area contributed by atoms with Crippen LogP contribution in [0.15, 0.2) is 53.4 Å². The highest BCUT2D eigenvalue weighted by atomic mass is 79.9. The Labute approximate surface area is 233 Å². The summed E-state index contributed by atoms with van der Waals surface area (Å²) in [6, 6.07) is 10.3. The van der Waals surface area contributed by atoms with Crippen LogP contribution in [0.3, 0.4) is 0 Å². The first-order chi connectivity index (χ1) is 18.6. The van der Waals surface area contributed by atoms with Gasteiger partial charge in [0, 0.05) is 36.3 Å². The largest absolute Gasteiger partial charge is 0.325 e. The summed E-state index contributed by atoms with van der Waals surface area (Å²) in [5, 5.41) is 8.03. The molecule has 4 heterocycles. The summed E-state index contributed by atoms with van der Waals surface area (Å²) in [5.41, 5.74) is 2.55. The van der Waals surface area contributed by atoms with Crippen molar-refractivity contribution < 1.29 is 14.4 Å². The van der Waals surface area contributed by atoms with Gasteiger partial charge < -0.3 is 10.2 Å². The number of ketones is 1. The number of nitrogens with one attached hydrogen (secondary N) is 1. The van der Waals surface area contributed by atoms with E-state index in [-0.39, 0.29) is 35.6 Å². The molecule has 1 N–H and O–H groups in total. The van der Waals surface area contributed by atoms with E-state index >= 15 is 0 Å². The lowest BCUT2D eigenvalue weighted by atomic mass is 10.0. The lowest BCUT2D eigenvalue weighted by molar-refractivity contribution is -0.138. The van der Waals surface area contributed by atoms with Crippen LogP contribution < -0.4 is 5.32 Å². The molecule has 3 aromatic heterocycles. The van der Waals surface area contributed by atoms with Crippen molar-refractivity contribution in [3.8, 4) is 11.1 Å². The van der Waals surface area contributed by atoms with Crippen LogP contribution in [0.25, 0.3) is 22.0 Å². The summed E-state index contributed by atoms with van der Waals surface area (Å²) in [6.07, 6.45) is 4.92. The Hall–Kier alpha value is -3.99. The molecule has 198 valence electrons. The van der Waals surface area contributed by atoms with Gasteiger partial charge >= 0.3 is 0 Å². The molecule has 0 spiro atoms. The molecule has 0 radical (unpaired) electrons. The van der Waals surface area contributed by atoms with Crippen LogP contribution in [0.1, 0.15) is 43.0 Å². The Bertz CT molecular complexity index is 1650.